The minimum Gasteiger partial charge on any atom is -0.480 e. The van der Waals surface area contributed by atoms with Crippen molar-refractivity contribution in [3.05, 3.63) is 0 Å². The number of rotatable bonds is 4. The predicted molar refractivity (Wildman–Crippen MR) is 63.2 cm³/mol. The van der Waals surface area contributed by atoms with E-state index in [1.165, 1.54) is 4.90 Å². The van der Waals surface area contributed by atoms with Gasteiger partial charge in [0.1, 0.15) is 13.1 Å². The molecule has 8 nitrogen and oxygen atoms in total. The molecule has 9 heteroatoms. The molecule has 102 valence electrons. The Labute approximate surface area is 106 Å². The highest BCUT2D eigenvalue weighted by molar-refractivity contribution is 7.85. The second kappa shape index (κ2) is 6.34. The molecule has 1 saturated heterocycles. The number of hydrogen-bond donors (Lipinski definition) is 2. The van der Waals surface area contributed by atoms with Gasteiger partial charge >= 0.3 is 12.0 Å². The predicted octanol–water partition coefficient (Wildman–Crippen LogP) is -1.96. The Morgan fingerprint density at radius 3 is 2.22 bits per heavy atom. The number of carboxylic acids is 1. The second-order valence-corrected chi connectivity index (χ2v) is 5.53. The summed E-state index contributed by atoms with van der Waals surface area (Å²) < 4.78 is 11.1. The molecule has 0 aliphatic carbocycles. The molecule has 0 aromatic carbocycles. The van der Waals surface area contributed by atoms with Gasteiger partial charge in [-0.1, -0.05) is 0 Å². The van der Waals surface area contributed by atoms with E-state index in [0.717, 1.165) is 4.90 Å². The van der Waals surface area contributed by atoms with Gasteiger partial charge in [-0.2, -0.15) is 0 Å². The van der Waals surface area contributed by atoms with Crippen molar-refractivity contribution in [3.63, 3.8) is 0 Å². The largest absolute Gasteiger partial charge is 0.480 e. The van der Waals surface area contributed by atoms with Crippen LogP contribution in [0, 0.1) is 0 Å². The number of carbonyl (C=O) groups excluding carboxylic acids is 2. The summed E-state index contributed by atoms with van der Waals surface area (Å²) in [5.74, 6) is -1.26. The Kier molecular flexibility index (Phi) is 5.08. The monoisotopic (exact) mass is 277 g/mol. The van der Waals surface area contributed by atoms with Crippen LogP contribution in [-0.4, -0.2) is 74.7 Å². The zero-order valence-electron chi connectivity index (χ0n) is 9.70. The summed E-state index contributed by atoms with van der Waals surface area (Å²) in [7, 11) is -0.932. The molecule has 0 aromatic rings. The molecule has 0 bridgehead atoms. The molecule has 0 aromatic heterocycles. The third kappa shape index (κ3) is 4.32. The quantitative estimate of drug-likeness (QED) is 0.618. The van der Waals surface area contributed by atoms with E-state index >= 15 is 0 Å². The van der Waals surface area contributed by atoms with Crippen LogP contribution in [-0.2, 0) is 20.4 Å². The van der Waals surface area contributed by atoms with E-state index in [1.54, 1.807) is 0 Å². The molecule has 3 N–H and O–H groups in total. The van der Waals surface area contributed by atoms with Crippen molar-refractivity contribution in [2.45, 2.75) is 0 Å². The van der Waals surface area contributed by atoms with Crippen LogP contribution in [0.5, 0.6) is 0 Å². The third-order valence-corrected chi connectivity index (χ3v) is 3.67. The first-order chi connectivity index (χ1) is 8.40. The van der Waals surface area contributed by atoms with Crippen molar-refractivity contribution in [3.8, 4) is 0 Å². The average Bonchev–Trinajstić information content (AvgIpc) is 2.27. The number of carbonyl (C=O) groups is 3. The number of primary amides is 1. The number of amides is 3. The van der Waals surface area contributed by atoms with Crippen molar-refractivity contribution >= 4 is 28.7 Å². The van der Waals surface area contributed by atoms with Crippen LogP contribution in [0.15, 0.2) is 0 Å². The molecule has 0 radical (unpaired) electrons. The smallest absolute Gasteiger partial charge is 0.323 e. The van der Waals surface area contributed by atoms with Crippen molar-refractivity contribution < 1.29 is 23.7 Å². The second-order valence-electron chi connectivity index (χ2n) is 3.83. The Morgan fingerprint density at radius 1 is 1.22 bits per heavy atom. The molecule has 0 unspecified atom stereocenters. The molecule has 0 spiro atoms. The van der Waals surface area contributed by atoms with Gasteiger partial charge in [0.15, 0.2) is 0 Å². The summed E-state index contributed by atoms with van der Waals surface area (Å²) in [5.41, 5.74) is 4.97. The Bertz CT molecular complexity index is 360. The van der Waals surface area contributed by atoms with Crippen molar-refractivity contribution in [2.75, 3.05) is 37.7 Å². The van der Waals surface area contributed by atoms with Gasteiger partial charge in [-0.3, -0.25) is 13.8 Å². The number of carboxylic acid groups (broad SMARTS) is 1. The van der Waals surface area contributed by atoms with E-state index in [2.05, 4.69) is 0 Å². The summed E-state index contributed by atoms with van der Waals surface area (Å²) in [6.45, 7) is -0.438. The number of hydrogen-bond acceptors (Lipinski definition) is 4. The Balaban J connectivity index is 2.65. The summed E-state index contributed by atoms with van der Waals surface area (Å²) >= 11 is 0. The van der Waals surface area contributed by atoms with E-state index in [4.69, 9.17) is 10.8 Å². The van der Waals surface area contributed by atoms with Crippen LogP contribution in [0.4, 0.5) is 4.79 Å². The lowest BCUT2D eigenvalue weighted by Crippen LogP contribution is -2.52. The zero-order valence-corrected chi connectivity index (χ0v) is 10.5. The maximum Gasteiger partial charge on any atom is 0.323 e. The first-order valence-corrected chi connectivity index (χ1v) is 6.78. The minimum absolute atomic E-state index is 0.292. The summed E-state index contributed by atoms with van der Waals surface area (Å²) in [5, 5.41) is 8.67. The maximum absolute atomic E-state index is 12.0. The number of aliphatic carboxylic acids is 1. The average molecular weight is 277 g/mol. The van der Waals surface area contributed by atoms with Crippen LogP contribution in [0.25, 0.3) is 0 Å². The lowest BCUT2D eigenvalue weighted by molar-refractivity contribution is -0.138. The van der Waals surface area contributed by atoms with Gasteiger partial charge in [0.2, 0.25) is 5.91 Å². The normalized spacial score (nSPS) is 16.3. The fourth-order valence-corrected chi connectivity index (χ4v) is 2.62. The lowest BCUT2D eigenvalue weighted by Gasteiger charge is -2.31. The molecule has 1 fully saturated rings. The molecule has 1 heterocycles. The fourth-order valence-electron chi connectivity index (χ4n) is 1.57. The molecule has 3 amide bonds. The molecule has 0 saturated carbocycles. The highest BCUT2D eigenvalue weighted by Crippen LogP contribution is 2.05. The highest BCUT2D eigenvalue weighted by Gasteiger charge is 2.26. The number of nitrogens with two attached hydrogens (primary N) is 1. The summed E-state index contributed by atoms with van der Waals surface area (Å²) in [6, 6.07) is -0.562. The van der Waals surface area contributed by atoms with E-state index in [1.807, 2.05) is 0 Å². The molecule has 18 heavy (non-hydrogen) atoms. The highest BCUT2D eigenvalue weighted by atomic mass is 32.2. The Hall–Kier alpha value is -1.64. The standard InChI is InChI=1S/C9H15N3O5S/c10-7(13)5-12(6-8(14)15)9(16)11-1-3-18(17)4-2-11/h1-6H2,(H2,10,13)(H,14,15). The van der Waals surface area contributed by atoms with E-state index in [-0.39, 0.29) is 0 Å². The topological polar surface area (TPSA) is 121 Å². The minimum atomic E-state index is -1.22. The molecular formula is C9H15N3O5S. The van der Waals surface area contributed by atoms with Crippen LogP contribution in [0.1, 0.15) is 0 Å². The van der Waals surface area contributed by atoms with E-state index in [9.17, 15) is 18.6 Å². The number of urea groups is 1. The van der Waals surface area contributed by atoms with Gasteiger partial charge < -0.3 is 20.6 Å². The Morgan fingerprint density at radius 2 is 1.78 bits per heavy atom. The van der Waals surface area contributed by atoms with Gasteiger partial charge in [-0.05, 0) is 0 Å². The van der Waals surface area contributed by atoms with Crippen molar-refractivity contribution in [2.24, 2.45) is 5.73 Å². The third-order valence-electron chi connectivity index (χ3n) is 2.39. The van der Waals surface area contributed by atoms with E-state index < -0.39 is 41.8 Å². The number of nitrogens with zero attached hydrogens (tertiary/aromatic N) is 2. The van der Waals surface area contributed by atoms with Crippen LogP contribution >= 0.6 is 0 Å². The SMILES string of the molecule is NC(=O)CN(CC(=O)O)C(=O)N1CCS(=O)CC1. The van der Waals surface area contributed by atoms with E-state index in [0.29, 0.717) is 24.6 Å². The fraction of sp³-hybridized carbons (Fsp3) is 0.667. The maximum atomic E-state index is 12.0. The summed E-state index contributed by atoms with van der Waals surface area (Å²) in [6.07, 6.45) is 0. The van der Waals surface area contributed by atoms with Crippen LogP contribution in [0.2, 0.25) is 0 Å². The van der Waals surface area contributed by atoms with Gasteiger partial charge in [0.05, 0.1) is 0 Å². The molecule has 0 atom stereocenters. The molecule has 1 aliphatic rings. The lowest BCUT2D eigenvalue weighted by atomic mass is 10.4. The van der Waals surface area contributed by atoms with Crippen LogP contribution < -0.4 is 5.73 Å². The first kappa shape index (κ1) is 14.4. The van der Waals surface area contributed by atoms with Gasteiger partial charge in [-0.15, -0.1) is 0 Å². The first-order valence-electron chi connectivity index (χ1n) is 5.29. The van der Waals surface area contributed by atoms with Crippen molar-refractivity contribution in [1.82, 2.24) is 9.80 Å². The zero-order chi connectivity index (χ0) is 13.7. The van der Waals surface area contributed by atoms with Crippen molar-refractivity contribution in [1.29, 1.82) is 0 Å². The summed E-state index contributed by atoms with van der Waals surface area (Å²) in [4.78, 5) is 35.6. The van der Waals surface area contributed by atoms with Gasteiger partial charge in [-0.25, -0.2) is 4.79 Å². The molecular weight excluding hydrogens is 262 g/mol. The molecule has 1 rings (SSSR count). The van der Waals surface area contributed by atoms with Crippen LogP contribution in [0.3, 0.4) is 0 Å². The van der Waals surface area contributed by atoms with Gasteiger partial charge in [0, 0.05) is 35.4 Å². The molecule has 1 aliphatic heterocycles. The van der Waals surface area contributed by atoms with Gasteiger partial charge in [0.25, 0.3) is 0 Å².